The molecule has 2 aliphatic rings. The molecule has 1 amide bonds. The van der Waals surface area contributed by atoms with Gasteiger partial charge < -0.3 is 4.90 Å². The van der Waals surface area contributed by atoms with Gasteiger partial charge in [-0.25, -0.2) is 0 Å². The minimum absolute atomic E-state index is 0.0321. The molecule has 4 rings (SSSR count). The van der Waals surface area contributed by atoms with Crippen molar-refractivity contribution in [2.24, 2.45) is 0 Å². The molecular formula is C18H14ClN3OS. The van der Waals surface area contributed by atoms with Gasteiger partial charge in [0.05, 0.1) is 23.9 Å². The van der Waals surface area contributed by atoms with Crippen LogP contribution in [0.5, 0.6) is 0 Å². The molecule has 24 heavy (non-hydrogen) atoms. The van der Waals surface area contributed by atoms with E-state index < -0.39 is 4.87 Å². The van der Waals surface area contributed by atoms with Crippen LogP contribution in [0.25, 0.3) is 0 Å². The number of carbonyl (C=O) groups excluding carboxylic acids is 1. The van der Waals surface area contributed by atoms with Crippen LogP contribution in [0.15, 0.2) is 42.5 Å². The number of anilines is 1. The van der Waals surface area contributed by atoms with Crippen LogP contribution in [0.3, 0.4) is 0 Å². The number of rotatable bonds is 2. The lowest BCUT2D eigenvalue weighted by molar-refractivity contribution is -0.121. The summed E-state index contributed by atoms with van der Waals surface area (Å²) >= 11 is 7.80. The fraction of sp³-hybridized carbons (Fsp3) is 0.222. The first-order chi connectivity index (χ1) is 11.6. The summed E-state index contributed by atoms with van der Waals surface area (Å²) in [5.74, 6) is 0.916. The third-order valence-electron chi connectivity index (χ3n) is 4.37. The Kier molecular flexibility index (Phi) is 3.76. The molecule has 1 N–H and O–H groups in total. The fourth-order valence-corrected chi connectivity index (χ4v) is 4.75. The maximum atomic E-state index is 13.2. The number of fused-ring (bicyclic) bond motifs is 2. The zero-order valence-electron chi connectivity index (χ0n) is 12.8. The standard InChI is InChI=1S/C18H14ClN3OS/c19-14-4-5-16-15(9-14)18(21-6-7-24-18)17(23)22(16)11-13-3-1-2-12(8-13)10-20/h1-5,8-9,21H,6-7,11H2. The smallest absolute Gasteiger partial charge is 0.262 e. The molecule has 1 unspecified atom stereocenters. The lowest BCUT2D eigenvalue weighted by atomic mass is 10.1. The van der Waals surface area contributed by atoms with Crippen LogP contribution in [0.1, 0.15) is 16.7 Å². The van der Waals surface area contributed by atoms with Crippen molar-refractivity contribution in [1.82, 2.24) is 5.32 Å². The number of halogens is 1. The molecular weight excluding hydrogens is 342 g/mol. The van der Waals surface area contributed by atoms with Gasteiger partial charge in [0.1, 0.15) is 0 Å². The third kappa shape index (κ3) is 2.30. The zero-order valence-corrected chi connectivity index (χ0v) is 14.3. The van der Waals surface area contributed by atoms with Gasteiger partial charge in [0.25, 0.3) is 5.91 Å². The van der Waals surface area contributed by atoms with Crippen molar-refractivity contribution < 1.29 is 4.79 Å². The first-order valence-electron chi connectivity index (χ1n) is 7.64. The van der Waals surface area contributed by atoms with E-state index in [-0.39, 0.29) is 5.91 Å². The van der Waals surface area contributed by atoms with Gasteiger partial charge in [-0.05, 0) is 35.9 Å². The molecule has 0 saturated carbocycles. The number of hydrogen-bond donors (Lipinski definition) is 1. The lowest BCUT2D eigenvalue weighted by Crippen LogP contribution is -2.44. The Bertz CT molecular complexity index is 871. The highest BCUT2D eigenvalue weighted by Gasteiger charge is 2.53. The van der Waals surface area contributed by atoms with Gasteiger partial charge in [-0.2, -0.15) is 5.26 Å². The number of amides is 1. The van der Waals surface area contributed by atoms with Gasteiger partial charge in [0, 0.05) is 22.9 Å². The largest absolute Gasteiger partial charge is 0.305 e. The minimum atomic E-state index is -0.729. The summed E-state index contributed by atoms with van der Waals surface area (Å²) in [6.45, 7) is 1.23. The fourth-order valence-electron chi connectivity index (χ4n) is 3.31. The van der Waals surface area contributed by atoms with Crippen molar-refractivity contribution in [3.8, 4) is 6.07 Å². The molecule has 0 aliphatic carbocycles. The number of hydrogen-bond acceptors (Lipinski definition) is 4. The monoisotopic (exact) mass is 355 g/mol. The predicted octanol–water partition coefficient (Wildman–Crippen LogP) is 3.25. The quantitative estimate of drug-likeness (QED) is 0.898. The van der Waals surface area contributed by atoms with Gasteiger partial charge in [0.2, 0.25) is 0 Å². The number of thioether (sulfide) groups is 1. The average Bonchev–Trinajstić information content (AvgIpc) is 3.17. The van der Waals surface area contributed by atoms with Crippen LogP contribution in [-0.4, -0.2) is 18.2 Å². The highest BCUT2D eigenvalue weighted by Crippen LogP contribution is 2.50. The van der Waals surface area contributed by atoms with Crippen LogP contribution in [-0.2, 0) is 16.2 Å². The molecule has 0 bridgehead atoms. The molecule has 1 spiro atoms. The van der Waals surface area contributed by atoms with Gasteiger partial charge >= 0.3 is 0 Å². The lowest BCUT2D eigenvalue weighted by Gasteiger charge is -2.23. The first kappa shape index (κ1) is 15.5. The number of nitrogens with zero attached hydrogens (tertiary/aromatic N) is 2. The van der Waals surface area contributed by atoms with E-state index in [9.17, 15) is 4.79 Å². The SMILES string of the molecule is N#Cc1cccc(CN2C(=O)C3(NCCS3)c3cc(Cl)ccc32)c1. The average molecular weight is 356 g/mol. The van der Waals surface area contributed by atoms with E-state index in [1.54, 1.807) is 22.7 Å². The molecule has 1 saturated heterocycles. The summed E-state index contributed by atoms with van der Waals surface area (Å²) in [6.07, 6.45) is 0. The Balaban J connectivity index is 1.77. The van der Waals surface area contributed by atoms with Gasteiger partial charge in [0.15, 0.2) is 4.87 Å². The third-order valence-corrected chi connectivity index (χ3v) is 5.98. The summed E-state index contributed by atoms with van der Waals surface area (Å²) in [4.78, 5) is 14.2. The molecule has 2 aromatic carbocycles. The molecule has 120 valence electrons. The van der Waals surface area contributed by atoms with E-state index in [4.69, 9.17) is 16.9 Å². The maximum Gasteiger partial charge on any atom is 0.262 e. The Morgan fingerprint density at radius 1 is 1.33 bits per heavy atom. The number of benzene rings is 2. The zero-order chi connectivity index (χ0) is 16.7. The topological polar surface area (TPSA) is 56.1 Å². The number of carbonyl (C=O) groups is 1. The van der Waals surface area contributed by atoms with E-state index in [0.29, 0.717) is 17.1 Å². The van der Waals surface area contributed by atoms with E-state index in [1.807, 2.05) is 36.4 Å². The Morgan fingerprint density at radius 3 is 2.96 bits per heavy atom. The van der Waals surface area contributed by atoms with Crippen molar-refractivity contribution >= 4 is 35.0 Å². The predicted molar refractivity (Wildman–Crippen MR) is 95.9 cm³/mol. The van der Waals surface area contributed by atoms with Crippen LogP contribution in [0, 0.1) is 11.3 Å². The van der Waals surface area contributed by atoms with Crippen molar-refractivity contribution in [3.63, 3.8) is 0 Å². The van der Waals surface area contributed by atoms with Crippen LogP contribution in [0.4, 0.5) is 5.69 Å². The molecule has 0 aromatic heterocycles. The van der Waals surface area contributed by atoms with Gasteiger partial charge in [-0.15, -0.1) is 11.8 Å². The maximum absolute atomic E-state index is 13.2. The summed E-state index contributed by atoms with van der Waals surface area (Å²) in [5, 5.41) is 13.1. The summed E-state index contributed by atoms with van der Waals surface area (Å²) in [6, 6.07) is 15.1. The van der Waals surface area contributed by atoms with Gasteiger partial charge in [-0.1, -0.05) is 23.7 Å². The van der Waals surface area contributed by atoms with Crippen molar-refractivity contribution in [1.29, 1.82) is 5.26 Å². The van der Waals surface area contributed by atoms with Crippen molar-refractivity contribution in [2.75, 3.05) is 17.2 Å². The summed E-state index contributed by atoms with van der Waals surface area (Å²) < 4.78 is 0. The number of nitriles is 1. The molecule has 1 atom stereocenters. The first-order valence-corrected chi connectivity index (χ1v) is 9.00. The molecule has 0 radical (unpaired) electrons. The second-order valence-corrected chi connectivity index (χ2v) is 7.57. The van der Waals surface area contributed by atoms with Crippen molar-refractivity contribution in [2.45, 2.75) is 11.4 Å². The molecule has 2 heterocycles. The molecule has 2 aromatic rings. The normalized spacial score (nSPS) is 22.0. The number of nitrogens with one attached hydrogen (secondary N) is 1. The van der Waals surface area contributed by atoms with E-state index in [1.165, 1.54) is 0 Å². The Labute approximate surface area is 149 Å². The van der Waals surface area contributed by atoms with Crippen LogP contribution >= 0.6 is 23.4 Å². The molecule has 4 nitrogen and oxygen atoms in total. The highest BCUT2D eigenvalue weighted by molar-refractivity contribution is 8.01. The Hall–Kier alpha value is -2.00. The summed E-state index contributed by atoms with van der Waals surface area (Å²) in [5.41, 5.74) is 3.34. The van der Waals surface area contributed by atoms with Gasteiger partial charge in [-0.3, -0.25) is 10.1 Å². The minimum Gasteiger partial charge on any atom is -0.305 e. The highest BCUT2D eigenvalue weighted by atomic mass is 35.5. The van der Waals surface area contributed by atoms with E-state index in [2.05, 4.69) is 11.4 Å². The van der Waals surface area contributed by atoms with Crippen LogP contribution in [0.2, 0.25) is 5.02 Å². The second kappa shape index (κ2) is 5.82. The summed E-state index contributed by atoms with van der Waals surface area (Å²) in [7, 11) is 0. The molecule has 6 heteroatoms. The molecule has 2 aliphatic heterocycles. The van der Waals surface area contributed by atoms with E-state index >= 15 is 0 Å². The van der Waals surface area contributed by atoms with Crippen LogP contribution < -0.4 is 10.2 Å². The van der Waals surface area contributed by atoms with E-state index in [0.717, 1.165) is 29.1 Å². The Morgan fingerprint density at radius 2 is 2.21 bits per heavy atom. The van der Waals surface area contributed by atoms with Crippen molar-refractivity contribution in [3.05, 3.63) is 64.2 Å². The second-order valence-electron chi connectivity index (χ2n) is 5.82. The molecule has 1 fully saturated rings.